The minimum Gasteiger partial charge on any atom is -0.462 e. The van der Waals surface area contributed by atoms with Crippen LogP contribution >= 0.6 is 0 Å². The first-order chi connectivity index (χ1) is 20.9. The van der Waals surface area contributed by atoms with E-state index in [0.29, 0.717) is 18.8 Å². The van der Waals surface area contributed by atoms with Gasteiger partial charge in [-0.25, -0.2) is 0 Å². The van der Waals surface area contributed by atoms with E-state index in [2.05, 4.69) is 33.8 Å². The van der Waals surface area contributed by atoms with Crippen LogP contribution in [0.15, 0.2) is 46.6 Å². The molecule has 10 atom stereocenters. The fraction of sp³-hybridized carbons (Fsp3) is 0.730. The molecule has 3 aliphatic carbocycles. The maximum Gasteiger partial charge on any atom is 0.302 e. The van der Waals surface area contributed by atoms with Gasteiger partial charge in [0.1, 0.15) is 24.4 Å². The number of aliphatic hydroxyl groups excluding tert-OH is 3. The van der Waals surface area contributed by atoms with Crippen molar-refractivity contribution in [1.29, 1.82) is 0 Å². The van der Waals surface area contributed by atoms with Gasteiger partial charge in [0.2, 0.25) is 0 Å². The molecule has 0 bridgehead atoms. The number of hydrogen-bond acceptors (Lipinski definition) is 8. The Morgan fingerprint density at radius 2 is 1.69 bits per heavy atom. The van der Waals surface area contributed by atoms with Crippen molar-refractivity contribution in [3.05, 3.63) is 46.6 Å². The number of hydrogen-bond donors (Lipinski definition) is 3. The summed E-state index contributed by atoms with van der Waals surface area (Å²) in [6, 6.07) is 0. The molecule has 3 N–H and O–H groups in total. The number of carbonyl (C=O) groups excluding carboxylic acids is 2. The van der Waals surface area contributed by atoms with Crippen molar-refractivity contribution in [3.63, 3.8) is 0 Å². The third kappa shape index (κ3) is 6.96. The highest BCUT2D eigenvalue weighted by atomic mass is 16.7. The molecular formula is C37H56O8. The van der Waals surface area contributed by atoms with Crippen LogP contribution in [0.25, 0.3) is 0 Å². The summed E-state index contributed by atoms with van der Waals surface area (Å²) in [6.45, 7) is 18.5. The molecule has 8 heteroatoms. The molecule has 1 heterocycles. The largest absolute Gasteiger partial charge is 0.462 e. The van der Waals surface area contributed by atoms with Crippen LogP contribution in [0.5, 0.6) is 0 Å². The van der Waals surface area contributed by atoms with E-state index in [9.17, 15) is 24.9 Å². The van der Waals surface area contributed by atoms with Crippen LogP contribution in [0.1, 0.15) is 101 Å². The monoisotopic (exact) mass is 628 g/mol. The third-order valence-electron chi connectivity index (χ3n) is 11.6. The fourth-order valence-electron chi connectivity index (χ4n) is 9.26. The first-order valence-corrected chi connectivity index (χ1v) is 16.6. The van der Waals surface area contributed by atoms with Crippen LogP contribution < -0.4 is 0 Å². The SMILES string of the molecule is CC(=O)OC1CC[C@@]2(C)C(CCC3(C)/C(=C(C)/C=C/C=C(\C)C(CC=C(C)C)O[C@@H]4OC[C@H](O)C(O)C4O)C(=O)C[C@H]32)C1(C)C. The Kier molecular flexibility index (Phi) is 10.8. The second kappa shape index (κ2) is 13.6. The molecule has 3 saturated carbocycles. The zero-order valence-electron chi connectivity index (χ0n) is 28.8. The molecule has 252 valence electrons. The predicted molar refractivity (Wildman–Crippen MR) is 173 cm³/mol. The molecule has 0 aromatic rings. The van der Waals surface area contributed by atoms with Gasteiger partial charge in [-0.2, -0.15) is 0 Å². The van der Waals surface area contributed by atoms with Crippen LogP contribution in [0.2, 0.25) is 0 Å². The Morgan fingerprint density at radius 3 is 2.33 bits per heavy atom. The number of carbonyl (C=O) groups is 2. The van der Waals surface area contributed by atoms with Crippen LogP contribution in [0.3, 0.4) is 0 Å². The maximum atomic E-state index is 13.8. The van der Waals surface area contributed by atoms with Crippen LogP contribution in [0.4, 0.5) is 0 Å². The topological polar surface area (TPSA) is 123 Å². The lowest BCUT2D eigenvalue weighted by molar-refractivity contribution is -0.278. The van der Waals surface area contributed by atoms with E-state index >= 15 is 0 Å². The van der Waals surface area contributed by atoms with Crippen LogP contribution in [-0.4, -0.2) is 70.5 Å². The fourth-order valence-corrected chi connectivity index (χ4v) is 9.26. The summed E-state index contributed by atoms with van der Waals surface area (Å²) < 4.78 is 17.4. The predicted octanol–water partition coefficient (Wildman–Crippen LogP) is 5.75. The van der Waals surface area contributed by atoms with Gasteiger partial charge in [0.15, 0.2) is 12.1 Å². The quantitative estimate of drug-likeness (QED) is 0.134. The molecule has 1 saturated heterocycles. The lowest BCUT2D eigenvalue weighted by atomic mass is 9.43. The first-order valence-electron chi connectivity index (χ1n) is 16.6. The highest BCUT2D eigenvalue weighted by Gasteiger charge is 2.65. The standard InChI is InChI=1S/C37H56O8/c1-21(2)13-14-27(45-34-33(42)32(41)26(40)20-43-34)22(3)11-10-12-23(4)31-25(39)19-29-36(8)18-16-30(44-24(5)38)35(6,7)28(36)15-17-37(29,31)9/h10-13,26-30,32-34,40-42H,14-20H2,1-9H3/b12-10+,22-11+,31-23+/t26-,27?,28?,29-,30?,32?,33?,34-,36-,37?/m0/s1. The first kappa shape index (κ1) is 35.7. The van der Waals surface area contributed by atoms with E-state index < -0.39 is 30.7 Å². The number of esters is 1. The molecule has 4 fully saturated rings. The van der Waals surface area contributed by atoms with Crippen LogP contribution in [0, 0.1) is 28.1 Å². The van der Waals surface area contributed by atoms with Crippen molar-refractivity contribution in [3.8, 4) is 0 Å². The van der Waals surface area contributed by atoms with Gasteiger partial charge in [0, 0.05) is 29.7 Å². The molecule has 0 radical (unpaired) electrons. The van der Waals surface area contributed by atoms with Gasteiger partial charge >= 0.3 is 5.97 Å². The van der Waals surface area contributed by atoms with Crippen molar-refractivity contribution in [2.45, 2.75) is 138 Å². The summed E-state index contributed by atoms with van der Waals surface area (Å²) in [5, 5.41) is 30.4. The Labute approximate surface area is 269 Å². The zero-order chi connectivity index (χ0) is 33.5. The highest BCUT2D eigenvalue weighted by molar-refractivity contribution is 6.00. The van der Waals surface area contributed by atoms with Gasteiger partial charge in [-0.15, -0.1) is 0 Å². The maximum absolute atomic E-state index is 13.8. The van der Waals surface area contributed by atoms with Gasteiger partial charge in [-0.05, 0) is 88.2 Å². The molecule has 0 aromatic heterocycles. The molecule has 0 aromatic carbocycles. The van der Waals surface area contributed by atoms with Gasteiger partial charge < -0.3 is 29.5 Å². The number of ketones is 1. The third-order valence-corrected chi connectivity index (χ3v) is 11.6. The average molecular weight is 629 g/mol. The van der Waals surface area contributed by atoms with Crippen molar-refractivity contribution in [2.24, 2.45) is 28.1 Å². The van der Waals surface area contributed by atoms with Crippen molar-refractivity contribution >= 4 is 11.8 Å². The molecule has 45 heavy (non-hydrogen) atoms. The van der Waals surface area contributed by atoms with Crippen molar-refractivity contribution in [1.82, 2.24) is 0 Å². The summed E-state index contributed by atoms with van der Waals surface area (Å²) in [6.07, 6.45) is 7.33. The number of Topliss-reactive ketones (excluding diaryl/α,β-unsaturated/α-hetero) is 1. The average Bonchev–Trinajstić information content (AvgIpc) is 3.23. The number of allylic oxidation sites excluding steroid dienone is 6. The van der Waals surface area contributed by atoms with E-state index in [1.807, 2.05) is 45.9 Å². The highest BCUT2D eigenvalue weighted by Crippen LogP contribution is 2.69. The van der Waals surface area contributed by atoms with E-state index in [-0.39, 0.29) is 46.6 Å². The summed E-state index contributed by atoms with van der Waals surface area (Å²) >= 11 is 0. The lowest BCUT2D eigenvalue weighted by Gasteiger charge is -2.62. The smallest absolute Gasteiger partial charge is 0.302 e. The Bertz CT molecular complexity index is 1250. The van der Waals surface area contributed by atoms with E-state index in [0.717, 1.165) is 48.0 Å². The molecule has 4 rings (SSSR count). The normalized spacial score (nSPS) is 40.0. The summed E-state index contributed by atoms with van der Waals surface area (Å²) in [4.78, 5) is 25.6. The van der Waals surface area contributed by atoms with E-state index in [4.69, 9.17) is 14.2 Å². The summed E-state index contributed by atoms with van der Waals surface area (Å²) in [7, 11) is 0. The summed E-state index contributed by atoms with van der Waals surface area (Å²) in [5.74, 6) is 0.616. The molecule has 0 spiro atoms. The number of ether oxygens (including phenoxy) is 3. The summed E-state index contributed by atoms with van der Waals surface area (Å²) in [5.41, 5.74) is 3.56. The van der Waals surface area contributed by atoms with E-state index in [1.54, 1.807) is 0 Å². The zero-order valence-corrected chi connectivity index (χ0v) is 28.8. The molecule has 6 unspecified atom stereocenters. The Morgan fingerprint density at radius 1 is 1.00 bits per heavy atom. The molecular weight excluding hydrogens is 572 g/mol. The van der Waals surface area contributed by atoms with Crippen molar-refractivity contribution < 1.29 is 39.1 Å². The lowest BCUT2D eigenvalue weighted by Crippen LogP contribution is -2.58. The van der Waals surface area contributed by atoms with Gasteiger partial charge in [0.25, 0.3) is 0 Å². The molecule has 0 amide bonds. The molecule has 8 nitrogen and oxygen atoms in total. The van der Waals surface area contributed by atoms with Crippen molar-refractivity contribution in [2.75, 3.05) is 6.61 Å². The number of aliphatic hydroxyl groups is 3. The second-order valence-electron chi connectivity index (χ2n) is 15.4. The van der Waals surface area contributed by atoms with E-state index in [1.165, 1.54) is 6.92 Å². The van der Waals surface area contributed by atoms with Gasteiger partial charge in [0.05, 0.1) is 12.7 Å². The Balaban J connectivity index is 1.55. The number of fused-ring (bicyclic) bond motifs is 3. The van der Waals surface area contributed by atoms with Gasteiger partial charge in [-0.1, -0.05) is 57.6 Å². The molecule has 4 aliphatic rings. The molecule has 1 aliphatic heterocycles. The second-order valence-corrected chi connectivity index (χ2v) is 15.4. The number of rotatable bonds is 8. The minimum absolute atomic E-state index is 0.0179. The minimum atomic E-state index is -1.36. The Hall–Kier alpha value is -2.10. The van der Waals surface area contributed by atoms with Gasteiger partial charge in [-0.3, -0.25) is 9.59 Å². The van der Waals surface area contributed by atoms with Crippen LogP contribution in [-0.2, 0) is 23.8 Å².